The number of para-hydroxylation sites is 1. The van der Waals surface area contributed by atoms with Crippen LogP contribution in [-0.2, 0) is 0 Å². The van der Waals surface area contributed by atoms with Crippen molar-refractivity contribution in [2.45, 2.75) is 37.0 Å². The molecule has 0 bridgehead atoms. The van der Waals surface area contributed by atoms with Gasteiger partial charge >= 0.3 is 0 Å². The van der Waals surface area contributed by atoms with Gasteiger partial charge in [0.2, 0.25) is 0 Å². The summed E-state index contributed by atoms with van der Waals surface area (Å²) in [7, 11) is 0. The number of rotatable bonds is 2. The number of alkyl halides is 1. The van der Waals surface area contributed by atoms with Crippen LogP contribution in [0.1, 0.15) is 37.2 Å². The predicted molar refractivity (Wildman–Crippen MR) is 70.9 cm³/mol. The number of halogens is 1. The third-order valence-electron chi connectivity index (χ3n) is 3.70. The maximum atomic E-state index is 6.19. The molecule has 1 aromatic rings. The summed E-state index contributed by atoms with van der Waals surface area (Å²) >= 11 is 6.19. The topological polar surface area (TPSA) is 9.23 Å². The lowest BCUT2D eigenvalue weighted by atomic mass is 9.88. The number of ether oxygens (including phenoxy) is 1. The van der Waals surface area contributed by atoms with Gasteiger partial charge in [0.1, 0.15) is 5.75 Å². The van der Waals surface area contributed by atoms with Crippen molar-refractivity contribution in [2.24, 2.45) is 0 Å². The molecule has 1 aromatic carbocycles. The molecular weight excluding hydrogens is 232 g/mol. The summed E-state index contributed by atoms with van der Waals surface area (Å²) in [5.74, 6) is 1.59. The van der Waals surface area contributed by atoms with Crippen LogP contribution in [0.2, 0.25) is 0 Å². The molecule has 0 N–H and O–H groups in total. The minimum absolute atomic E-state index is 0.247. The Bertz CT molecular complexity index is 438. The molecule has 1 aliphatic carbocycles. The summed E-state index contributed by atoms with van der Waals surface area (Å²) in [4.78, 5) is 0. The van der Waals surface area contributed by atoms with Gasteiger partial charge in [0.15, 0.2) is 0 Å². The first kappa shape index (κ1) is 11.2. The molecule has 1 nitrogen and oxygen atoms in total. The van der Waals surface area contributed by atoms with E-state index in [1.54, 1.807) is 0 Å². The van der Waals surface area contributed by atoms with Gasteiger partial charge in [-0.05, 0) is 31.7 Å². The largest absolute Gasteiger partial charge is 0.493 e. The highest BCUT2D eigenvalue weighted by molar-refractivity contribution is 6.21. The number of hydrogen-bond acceptors (Lipinski definition) is 1. The van der Waals surface area contributed by atoms with Gasteiger partial charge in [-0.1, -0.05) is 29.8 Å². The molecule has 0 saturated carbocycles. The Kier molecular flexibility index (Phi) is 3.11. The summed E-state index contributed by atoms with van der Waals surface area (Å²) in [6.07, 6.45) is 6.94. The highest BCUT2D eigenvalue weighted by Gasteiger charge is 2.25. The second kappa shape index (κ2) is 4.73. The van der Waals surface area contributed by atoms with Crippen LogP contribution < -0.4 is 4.74 Å². The summed E-state index contributed by atoms with van der Waals surface area (Å²) < 4.78 is 5.72. The first-order valence-electron chi connectivity index (χ1n) is 6.38. The molecule has 0 spiro atoms. The second-order valence-electron chi connectivity index (χ2n) is 4.98. The summed E-state index contributed by atoms with van der Waals surface area (Å²) in [6, 6.07) is 8.39. The lowest BCUT2D eigenvalue weighted by Gasteiger charge is -2.18. The van der Waals surface area contributed by atoms with Crippen molar-refractivity contribution < 1.29 is 4.74 Å². The molecule has 2 heteroatoms. The van der Waals surface area contributed by atoms with Crippen molar-refractivity contribution in [3.63, 3.8) is 0 Å². The number of allylic oxidation sites excluding steroid dienone is 2. The van der Waals surface area contributed by atoms with Crippen LogP contribution in [-0.4, -0.2) is 12.0 Å². The number of fused-ring (bicyclic) bond motifs is 1. The van der Waals surface area contributed by atoms with E-state index in [2.05, 4.69) is 24.3 Å². The van der Waals surface area contributed by atoms with E-state index in [4.69, 9.17) is 16.3 Å². The van der Waals surface area contributed by atoms with Gasteiger partial charge in [0, 0.05) is 11.5 Å². The van der Waals surface area contributed by atoms with Crippen LogP contribution >= 0.6 is 11.6 Å². The van der Waals surface area contributed by atoms with Gasteiger partial charge in [-0.15, -0.1) is 11.6 Å². The van der Waals surface area contributed by atoms with Crippen LogP contribution in [0.15, 0.2) is 35.9 Å². The van der Waals surface area contributed by atoms with E-state index in [-0.39, 0.29) is 5.38 Å². The normalized spacial score (nSPS) is 27.2. The zero-order valence-corrected chi connectivity index (χ0v) is 10.6. The molecule has 1 aliphatic heterocycles. The maximum absolute atomic E-state index is 6.19. The molecule has 0 saturated heterocycles. The number of benzene rings is 1. The van der Waals surface area contributed by atoms with Crippen molar-refractivity contribution in [3.8, 4) is 5.75 Å². The number of hydrogen-bond donors (Lipinski definition) is 0. The zero-order valence-electron chi connectivity index (χ0n) is 9.86. The molecule has 17 heavy (non-hydrogen) atoms. The highest BCUT2D eigenvalue weighted by Crippen LogP contribution is 2.39. The Hall–Kier alpha value is -0.950. The molecule has 0 radical (unpaired) electrons. The summed E-state index contributed by atoms with van der Waals surface area (Å²) in [5.41, 5.74) is 2.88. The molecule has 0 amide bonds. The third kappa shape index (κ3) is 2.35. The fourth-order valence-corrected chi connectivity index (χ4v) is 3.16. The molecule has 3 rings (SSSR count). The SMILES string of the molecule is ClC1C=C(CC2COc3ccccc32)CCC1. The monoisotopic (exact) mass is 248 g/mol. The van der Waals surface area contributed by atoms with Gasteiger partial charge in [-0.2, -0.15) is 0 Å². The van der Waals surface area contributed by atoms with E-state index in [1.165, 1.54) is 24.0 Å². The molecule has 2 unspecified atom stereocenters. The smallest absolute Gasteiger partial charge is 0.122 e. The molecule has 0 aromatic heterocycles. The molecule has 90 valence electrons. The Morgan fingerprint density at radius 3 is 3.06 bits per heavy atom. The van der Waals surface area contributed by atoms with Crippen molar-refractivity contribution in [3.05, 3.63) is 41.5 Å². The van der Waals surface area contributed by atoms with Crippen LogP contribution in [0.25, 0.3) is 0 Å². The van der Waals surface area contributed by atoms with E-state index >= 15 is 0 Å². The van der Waals surface area contributed by atoms with Gasteiger partial charge in [0.05, 0.1) is 12.0 Å². The molecular formula is C15H17ClO. The van der Waals surface area contributed by atoms with E-state index < -0.39 is 0 Å². The van der Waals surface area contributed by atoms with E-state index in [1.807, 2.05) is 6.07 Å². The van der Waals surface area contributed by atoms with Crippen molar-refractivity contribution in [2.75, 3.05) is 6.61 Å². The summed E-state index contributed by atoms with van der Waals surface area (Å²) in [5, 5.41) is 0.247. The van der Waals surface area contributed by atoms with Crippen molar-refractivity contribution in [1.82, 2.24) is 0 Å². The quantitative estimate of drug-likeness (QED) is 0.561. The fourth-order valence-electron chi connectivity index (χ4n) is 2.83. The minimum Gasteiger partial charge on any atom is -0.493 e. The highest BCUT2D eigenvalue weighted by atomic mass is 35.5. The Morgan fingerprint density at radius 1 is 1.29 bits per heavy atom. The van der Waals surface area contributed by atoms with Crippen LogP contribution in [0.3, 0.4) is 0 Å². The van der Waals surface area contributed by atoms with Gasteiger partial charge < -0.3 is 4.74 Å². The van der Waals surface area contributed by atoms with Crippen molar-refractivity contribution >= 4 is 11.6 Å². The van der Waals surface area contributed by atoms with Crippen LogP contribution in [0, 0.1) is 0 Å². The minimum atomic E-state index is 0.247. The Labute approximate surface area is 107 Å². The molecule has 2 atom stereocenters. The molecule has 0 fully saturated rings. The van der Waals surface area contributed by atoms with Crippen LogP contribution in [0.4, 0.5) is 0 Å². The molecule has 1 heterocycles. The maximum Gasteiger partial charge on any atom is 0.122 e. The third-order valence-corrected chi connectivity index (χ3v) is 4.05. The van der Waals surface area contributed by atoms with E-state index in [9.17, 15) is 0 Å². The zero-order chi connectivity index (χ0) is 11.7. The lowest BCUT2D eigenvalue weighted by Crippen LogP contribution is -2.08. The first-order valence-corrected chi connectivity index (χ1v) is 6.82. The Balaban J connectivity index is 1.75. The van der Waals surface area contributed by atoms with E-state index in [0.29, 0.717) is 5.92 Å². The lowest BCUT2D eigenvalue weighted by molar-refractivity contribution is 0.329. The first-order chi connectivity index (χ1) is 8.33. The van der Waals surface area contributed by atoms with Crippen molar-refractivity contribution in [1.29, 1.82) is 0 Å². The summed E-state index contributed by atoms with van der Waals surface area (Å²) in [6.45, 7) is 0.823. The Morgan fingerprint density at radius 2 is 2.18 bits per heavy atom. The average Bonchev–Trinajstić information content (AvgIpc) is 2.73. The second-order valence-corrected chi connectivity index (χ2v) is 5.54. The predicted octanol–water partition coefficient (Wildman–Crippen LogP) is 4.27. The van der Waals surface area contributed by atoms with E-state index in [0.717, 1.165) is 25.2 Å². The van der Waals surface area contributed by atoms with Gasteiger partial charge in [-0.25, -0.2) is 0 Å². The molecule has 2 aliphatic rings. The fraction of sp³-hybridized carbons (Fsp3) is 0.467. The standard InChI is InChI=1S/C15H17ClO/c16-13-5-3-4-11(9-13)8-12-10-17-15-7-2-1-6-14(12)15/h1-2,6-7,9,12-13H,3-5,8,10H2. The van der Waals surface area contributed by atoms with Gasteiger partial charge in [-0.3, -0.25) is 0 Å². The van der Waals surface area contributed by atoms with Gasteiger partial charge in [0.25, 0.3) is 0 Å². The average molecular weight is 249 g/mol. The van der Waals surface area contributed by atoms with Crippen LogP contribution in [0.5, 0.6) is 5.75 Å².